The second-order valence-electron chi connectivity index (χ2n) is 12.4. The topological polar surface area (TPSA) is 79.9 Å². The summed E-state index contributed by atoms with van der Waals surface area (Å²) >= 11 is 4.45. The number of amides is 1. The van der Waals surface area contributed by atoms with Gasteiger partial charge >= 0.3 is 13.2 Å². The number of hydrogen-bond acceptors (Lipinski definition) is 7. The number of methoxy groups -OCH3 is 1. The van der Waals surface area contributed by atoms with E-state index in [2.05, 4.69) is 107 Å². The van der Waals surface area contributed by atoms with Crippen LogP contribution in [0.25, 0.3) is 22.0 Å². The Morgan fingerprint density at radius 3 is 2.49 bits per heavy atom. The van der Waals surface area contributed by atoms with Crippen molar-refractivity contribution in [1.29, 1.82) is 0 Å². The van der Waals surface area contributed by atoms with Gasteiger partial charge in [-0.15, -0.1) is 0 Å². The Hall–Kier alpha value is -2.95. The monoisotopic (exact) mass is 576 g/mol. The van der Waals surface area contributed by atoms with E-state index in [9.17, 15) is 4.79 Å². The van der Waals surface area contributed by atoms with Gasteiger partial charge in [0.1, 0.15) is 5.82 Å². The molecule has 8 nitrogen and oxygen atoms in total. The largest absolute Gasteiger partial charge is 0.494 e. The third kappa shape index (κ3) is 5.49. The van der Waals surface area contributed by atoms with Crippen LogP contribution in [0, 0.1) is 5.92 Å². The number of benzene rings is 2. The van der Waals surface area contributed by atoms with Crippen LogP contribution in [0.4, 0.5) is 4.79 Å². The van der Waals surface area contributed by atoms with E-state index in [0.29, 0.717) is 0 Å². The number of aromatic amines is 1. The molecule has 2 atom stereocenters. The zero-order valence-electron chi connectivity index (χ0n) is 25.1. The summed E-state index contributed by atoms with van der Waals surface area (Å²) in [6.45, 7) is 17.6. The van der Waals surface area contributed by atoms with Crippen LogP contribution in [0.15, 0.2) is 54.9 Å². The van der Waals surface area contributed by atoms with Crippen LogP contribution in [0.2, 0.25) is 0 Å². The fourth-order valence-corrected chi connectivity index (χ4v) is 6.27. The normalized spacial score (nSPS) is 20.6. The van der Waals surface area contributed by atoms with Crippen molar-refractivity contribution in [2.24, 2.45) is 5.92 Å². The summed E-state index contributed by atoms with van der Waals surface area (Å²) in [4.78, 5) is 22.9. The fourth-order valence-electron chi connectivity index (χ4n) is 5.79. The lowest BCUT2D eigenvalue weighted by molar-refractivity contribution is 0.00578. The zero-order chi connectivity index (χ0) is 29.7. The Balaban J connectivity index is 1.35. The molecule has 2 saturated heterocycles. The van der Waals surface area contributed by atoms with Crippen molar-refractivity contribution in [2.45, 2.75) is 77.7 Å². The smallest absolute Gasteiger partial charge is 0.452 e. The first-order valence-electron chi connectivity index (χ1n) is 14.3. The highest BCUT2D eigenvalue weighted by Gasteiger charge is 2.51. The summed E-state index contributed by atoms with van der Waals surface area (Å²) < 4.78 is 18.8. The predicted octanol–water partition coefficient (Wildman–Crippen LogP) is 6.12. The lowest BCUT2D eigenvalue weighted by atomic mass is 9.78. The first kappa shape index (κ1) is 29.5. The molecule has 5 rings (SSSR count). The minimum Gasteiger partial charge on any atom is -0.452 e. The number of carbonyl (C=O) groups is 1. The summed E-state index contributed by atoms with van der Waals surface area (Å²) in [5.74, 6) is 0.997. The SMILES string of the molecule is C=C([C@H](C(C)C)N(S)C(=O)OC)N1CCC[C@H]1c1ncc(-c2ccc3cc(B4OC(C)(C)C(C)(C)O4)ccc3c2)[nH]1. The molecule has 0 saturated carbocycles. The van der Waals surface area contributed by atoms with E-state index < -0.39 is 6.09 Å². The maximum atomic E-state index is 12.3. The van der Waals surface area contributed by atoms with Crippen LogP contribution in [-0.2, 0) is 14.0 Å². The number of likely N-dealkylation sites (tertiary alicyclic amines) is 1. The fraction of sp³-hybridized carbons (Fsp3) is 0.484. The maximum Gasteiger partial charge on any atom is 0.494 e. The van der Waals surface area contributed by atoms with Gasteiger partial charge in [0.2, 0.25) is 0 Å². The van der Waals surface area contributed by atoms with Crippen molar-refractivity contribution in [2.75, 3.05) is 13.7 Å². The molecular formula is C31H41BN4O4S. The number of fused-ring (bicyclic) bond motifs is 1. The number of carbonyl (C=O) groups excluding carboxylic acids is 1. The molecule has 218 valence electrons. The van der Waals surface area contributed by atoms with Crippen LogP contribution < -0.4 is 5.46 Å². The van der Waals surface area contributed by atoms with Crippen molar-refractivity contribution in [3.05, 3.63) is 60.7 Å². The Morgan fingerprint density at radius 1 is 1.17 bits per heavy atom. The van der Waals surface area contributed by atoms with Crippen molar-refractivity contribution >= 4 is 42.3 Å². The molecule has 2 aliphatic rings. The van der Waals surface area contributed by atoms with Gasteiger partial charge in [-0.3, -0.25) is 0 Å². The molecule has 3 aromatic rings. The number of ether oxygens (including phenoxy) is 1. The molecule has 0 aliphatic carbocycles. The third-order valence-corrected chi connectivity index (χ3v) is 9.24. The van der Waals surface area contributed by atoms with Gasteiger partial charge in [-0.05, 0) is 68.8 Å². The molecule has 41 heavy (non-hydrogen) atoms. The molecule has 10 heteroatoms. The number of nitrogens with zero attached hydrogens (tertiary/aromatic N) is 3. The number of aromatic nitrogens is 2. The Morgan fingerprint density at radius 2 is 1.83 bits per heavy atom. The number of imidazole rings is 1. The Bertz CT molecular complexity index is 1440. The van der Waals surface area contributed by atoms with Crippen LogP contribution in [0.5, 0.6) is 0 Å². The average molecular weight is 577 g/mol. The molecule has 1 aromatic heterocycles. The van der Waals surface area contributed by atoms with E-state index in [4.69, 9.17) is 19.0 Å². The highest BCUT2D eigenvalue weighted by atomic mass is 32.1. The first-order chi connectivity index (χ1) is 19.3. The van der Waals surface area contributed by atoms with Crippen molar-refractivity contribution in [1.82, 2.24) is 19.2 Å². The average Bonchev–Trinajstić information content (AvgIpc) is 3.65. The molecule has 2 aromatic carbocycles. The summed E-state index contributed by atoms with van der Waals surface area (Å²) in [7, 11) is 0.973. The summed E-state index contributed by atoms with van der Waals surface area (Å²) in [6.07, 6.45) is 3.36. The highest BCUT2D eigenvalue weighted by Crippen LogP contribution is 2.38. The minimum atomic E-state index is -0.497. The third-order valence-electron chi connectivity index (χ3n) is 8.83. The molecule has 0 radical (unpaired) electrons. The quantitative estimate of drug-likeness (QED) is 0.261. The van der Waals surface area contributed by atoms with Crippen molar-refractivity contribution < 1.29 is 18.8 Å². The van der Waals surface area contributed by atoms with E-state index in [1.165, 1.54) is 11.4 Å². The lowest BCUT2D eigenvalue weighted by Gasteiger charge is -2.37. The first-order valence-corrected chi connectivity index (χ1v) is 14.7. The minimum absolute atomic E-state index is 0.0415. The van der Waals surface area contributed by atoms with Gasteiger partial charge in [-0.25, -0.2) is 14.1 Å². The van der Waals surface area contributed by atoms with Crippen molar-refractivity contribution in [3.8, 4) is 11.3 Å². The molecule has 1 N–H and O–H groups in total. The van der Waals surface area contributed by atoms with Crippen molar-refractivity contribution in [3.63, 3.8) is 0 Å². The van der Waals surface area contributed by atoms with E-state index in [1.807, 2.05) is 6.20 Å². The predicted molar refractivity (Wildman–Crippen MR) is 167 cm³/mol. The van der Waals surface area contributed by atoms with Crippen LogP contribution in [0.3, 0.4) is 0 Å². The lowest BCUT2D eigenvalue weighted by Crippen LogP contribution is -2.43. The number of thiol groups is 1. The number of nitrogens with one attached hydrogen (secondary N) is 1. The maximum absolute atomic E-state index is 12.3. The molecule has 1 amide bonds. The van der Waals surface area contributed by atoms with E-state index in [1.54, 1.807) is 0 Å². The molecule has 0 spiro atoms. The molecule has 3 heterocycles. The van der Waals surface area contributed by atoms with E-state index in [-0.39, 0.29) is 36.3 Å². The standard InChI is InChI=1S/C31H41BN4O4S/c1-19(2)27(36(41)29(37)38-8)20(3)35-15-9-10-26(35)28-33-18-25(34-28)23-12-11-22-17-24(14-13-21(22)16-23)32-39-30(4,5)31(6,7)40-32/h11-14,16-19,26-27,41H,3,9-10,15H2,1-2,4-8H3,(H,33,34)/t26-,27-/m0/s1. The van der Waals surface area contributed by atoms with E-state index in [0.717, 1.165) is 58.4 Å². The number of hydrogen-bond donors (Lipinski definition) is 2. The van der Waals surface area contributed by atoms with E-state index >= 15 is 0 Å². The second kappa shape index (κ2) is 11.0. The van der Waals surface area contributed by atoms with Crippen LogP contribution in [0.1, 0.15) is 66.3 Å². The zero-order valence-corrected chi connectivity index (χ0v) is 26.0. The second-order valence-corrected chi connectivity index (χ2v) is 12.9. The molecule has 0 bridgehead atoms. The van der Waals surface area contributed by atoms with Crippen LogP contribution in [-0.4, -0.2) is 63.3 Å². The van der Waals surface area contributed by atoms with Gasteiger partial charge in [-0.2, -0.15) is 0 Å². The van der Waals surface area contributed by atoms with Gasteiger partial charge in [0.15, 0.2) is 0 Å². The summed E-state index contributed by atoms with van der Waals surface area (Å²) in [6, 6.07) is 12.5. The summed E-state index contributed by atoms with van der Waals surface area (Å²) in [5.41, 5.74) is 3.12. The molecular weight excluding hydrogens is 535 g/mol. The highest BCUT2D eigenvalue weighted by molar-refractivity contribution is 7.78. The van der Waals surface area contributed by atoms with Crippen LogP contribution >= 0.6 is 12.8 Å². The van der Waals surface area contributed by atoms with Gasteiger partial charge in [0.25, 0.3) is 0 Å². The summed E-state index contributed by atoms with van der Waals surface area (Å²) in [5, 5.41) is 2.26. The molecule has 2 aliphatic heterocycles. The number of rotatable bonds is 7. The van der Waals surface area contributed by atoms with Gasteiger partial charge in [0.05, 0.1) is 42.3 Å². The van der Waals surface area contributed by atoms with Gasteiger partial charge < -0.3 is 23.9 Å². The van der Waals surface area contributed by atoms with Gasteiger partial charge in [-0.1, -0.05) is 63.6 Å². The Kier molecular flexibility index (Phi) is 7.96. The molecule has 0 unspecified atom stereocenters. The number of H-pyrrole nitrogens is 1. The Labute approximate surface area is 249 Å². The molecule has 2 fully saturated rings. The van der Waals surface area contributed by atoms with Gasteiger partial charge in [0, 0.05) is 17.8 Å².